The van der Waals surface area contributed by atoms with E-state index in [9.17, 15) is 0 Å². The van der Waals surface area contributed by atoms with Gasteiger partial charge in [0, 0.05) is 70.8 Å². The van der Waals surface area contributed by atoms with Gasteiger partial charge in [-0.3, -0.25) is 0 Å². The molecule has 4 aliphatic rings. The Morgan fingerprint density at radius 2 is 0.908 bits per heavy atom. The average Bonchev–Trinajstić information content (AvgIpc) is 1.57. The van der Waals surface area contributed by atoms with Crippen LogP contribution in [0.3, 0.4) is 0 Å². The van der Waals surface area contributed by atoms with Crippen molar-refractivity contribution in [2.75, 3.05) is 14.7 Å². The van der Waals surface area contributed by atoms with Crippen LogP contribution in [0.25, 0.3) is 42.4 Å². The lowest BCUT2D eigenvalue weighted by atomic mass is 9.33. The van der Waals surface area contributed by atoms with Gasteiger partial charge in [-0.2, -0.15) is 0 Å². The number of hydrogen-bond donors (Lipinski definition) is 0. The molecule has 14 rings (SSSR count). The van der Waals surface area contributed by atoms with Gasteiger partial charge in [0.2, 0.25) is 0 Å². The first-order chi connectivity index (χ1) is 41.0. The van der Waals surface area contributed by atoms with E-state index in [1.54, 1.807) is 0 Å². The number of fused-ring (bicyclic) bond motifs is 10. The first-order valence-corrected chi connectivity index (χ1v) is 33.1. The average molecular weight is 1160 g/mol. The molecule has 1 aliphatic carbocycles. The summed E-state index contributed by atoms with van der Waals surface area (Å²) < 4.78 is 2.69. The third-order valence-corrected chi connectivity index (χ3v) is 22.1. The number of thiophene rings is 1. The van der Waals surface area contributed by atoms with E-state index in [2.05, 4.69) is 308 Å². The van der Waals surface area contributed by atoms with Crippen LogP contribution in [0.5, 0.6) is 0 Å². The van der Waals surface area contributed by atoms with Crippen molar-refractivity contribution in [1.82, 2.24) is 0 Å². The van der Waals surface area contributed by atoms with Gasteiger partial charge in [0.05, 0.1) is 16.9 Å². The van der Waals surface area contributed by atoms with Crippen molar-refractivity contribution in [3.05, 3.63) is 209 Å². The maximum atomic E-state index is 2.94. The molecule has 440 valence electrons. The molecule has 0 amide bonds. The predicted molar refractivity (Wildman–Crippen MR) is 381 cm³/mol. The Balaban J connectivity index is 1.19. The standard InChI is InChI=1S/C82H88BN3S/c1-76(2,3)53-30-35-58(36-31-53)84(59-37-32-54(33-38-59)77(4,5)6)60-47-69-73-70(48-60)86-75-65(81(16)40-24-25-41-82(81,86)17)44-57(80(13,14)15)45-67(75)83(73)66-50-72-64(61-39-34-55(78(7,8)9)46-71(61)87-72)49-68(66)85(69)74-62(51-26-20-18-21-27-51)42-56(79(10,11)12)43-63(74)52-28-22-19-23-29-52/h18-23,26-39,42-50H,24-25,40-41H2,1-17H3. The molecule has 10 aromatic rings. The van der Waals surface area contributed by atoms with Gasteiger partial charge >= 0.3 is 0 Å². The molecule has 3 aliphatic heterocycles. The number of nitrogens with zero attached hydrogens (tertiary/aromatic N) is 3. The van der Waals surface area contributed by atoms with E-state index in [4.69, 9.17) is 0 Å². The van der Waals surface area contributed by atoms with Gasteiger partial charge in [0.15, 0.2) is 0 Å². The monoisotopic (exact) mass is 1160 g/mol. The summed E-state index contributed by atoms with van der Waals surface area (Å²) in [4.78, 5) is 8.32. The number of rotatable bonds is 6. The largest absolute Gasteiger partial charge is 0.335 e. The van der Waals surface area contributed by atoms with E-state index in [1.807, 2.05) is 11.3 Å². The lowest BCUT2D eigenvalue weighted by molar-refractivity contribution is 0.195. The molecule has 0 N–H and O–H groups in total. The Hall–Kier alpha value is -7.34. The summed E-state index contributed by atoms with van der Waals surface area (Å²) in [5.41, 5.74) is 26.8. The third-order valence-electron chi connectivity index (χ3n) is 20.9. The fourth-order valence-electron chi connectivity index (χ4n) is 15.5. The summed E-state index contributed by atoms with van der Waals surface area (Å²) in [5.74, 6) is 0. The van der Waals surface area contributed by atoms with Crippen molar-refractivity contribution in [3.63, 3.8) is 0 Å². The number of hydrogen-bond acceptors (Lipinski definition) is 4. The van der Waals surface area contributed by atoms with Crippen molar-refractivity contribution in [2.45, 2.75) is 181 Å². The summed E-state index contributed by atoms with van der Waals surface area (Å²) in [6.07, 6.45) is 4.70. The van der Waals surface area contributed by atoms with Gasteiger partial charge in [-0.05, 0) is 174 Å². The van der Waals surface area contributed by atoms with Crippen LogP contribution in [0.1, 0.15) is 177 Å². The molecule has 5 heteroatoms. The zero-order chi connectivity index (χ0) is 61.3. The Bertz CT molecular complexity index is 4260. The van der Waals surface area contributed by atoms with Gasteiger partial charge in [-0.25, -0.2) is 0 Å². The molecule has 1 saturated carbocycles. The van der Waals surface area contributed by atoms with E-state index in [-0.39, 0.29) is 44.7 Å². The van der Waals surface area contributed by atoms with Crippen molar-refractivity contribution < 1.29 is 0 Å². The van der Waals surface area contributed by atoms with E-state index in [0.717, 1.165) is 29.9 Å². The highest BCUT2D eigenvalue weighted by molar-refractivity contribution is 7.26. The summed E-state index contributed by atoms with van der Waals surface area (Å²) in [7, 11) is 0. The van der Waals surface area contributed by atoms with Gasteiger partial charge in [0.25, 0.3) is 6.71 Å². The molecule has 2 unspecified atom stereocenters. The van der Waals surface area contributed by atoms with Gasteiger partial charge in [0.1, 0.15) is 0 Å². The molecule has 4 heterocycles. The first-order valence-electron chi connectivity index (χ1n) is 32.3. The normalized spacial score (nSPS) is 18.2. The highest BCUT2D eigenvalue weighted by Gasteiger charge is 2.62. The number of anilines is 8. The maximum absolute atomic E-state index is 2.94. The predicted octanol–water partition coefficient (Wildman–Crippen LogP) is 21.7. The molecule has 1 fully saturated rings. The highest BCUT2D eigenvalue weighted by Crippen LogP contribution is 2.63. The molecule has 0 saturated heterocycles. The van der Waals surface area contributed by atoms with Crippen LogP contribution in [0.15, 0.2) is 176 Å². The fraction of sp³-hybridized carbons (Fsp3) is 0.341. The molecular weight excluding hydrogens is 1070 g/mol. The van der Waals surface area contributed by atoms with Crippen molar-refractivity contribution in [1.29, 1.82) is 0 Å². The Kier molecular flexibility index (Phi) is 12.9. The lowest BCUT2D eigenvalue weighted by Crippen LogP contribution is -2.64. The van der Waals surface area contributed by atoms with Crippen LogP contribution in [0, 0.1) is 0 Å². The van der Waals surface area contributed by atoms with E-state index in [0.29, 0.717) is 0 Å². The van der Waals surface area contributed by atoms with Gasteiger partial charge < -0.3 is 14.7 Å². The van der Waals surface area contributed by atoms with Gasteiger partial charge in [-0.15, -0.1) is 11.3 Å². The number of benzene rings is 9. The van der Waals surface area contributed by atoms with E-state index in [1.165, 1.54) is 133 Å². The second kappa shape index (κ2) is 19.6. The van der Waals surface area contributed by atoms with Crippen LogP contribution < -0.4 is 31.1 Å². The topological polar surface area (TPSA) is 9.72 Å². The van der Waals surface area contributed by atoms with Gasteiger partial charge in [-0.1, -0.05) is 233 Å². The smallest absolute Gasteiger partial charge is 0.252 e. The van der Waals surface area contributed by atoms with Crippen LogP contribution in [-0.4, -0.2) is 12.3 Å². The summed E-state index contributed by atoms with van der Waals surface area (Å²) in [5, 5.41) is 2.63. The molecule has 0 spiro atoms. The summed E-state index contributed by atoms with van der Waals surface area (Å²) >= 11 is 1.97. The fourth-order valence-corrected chi connectivity index (χ4v) is 16.7. The van der Waals surface area contributed by atoms with Crippen LogP contribution >= 0.6 is 11.3 Å². The minimum absolute atomic E-state index is 0.00402. The maximum Gasteiger partial charge on any atom is 0.252 e. The first kappa shape index (κ1) is 57.4. The minimum atomic E-state index is -0.201. The molecule has 3 nitrogen and oxygen atoms in total. The SMILES string of the molecule is CC(C)(C)c1ccc(N(c2ccc(C(C)(C)C)cc2)c2cc3c4c(c2)N2c5c(cc(C(C)(C)C)cc5C5(C)CCCCC25C)B4c2cc4sc5cc(C(C)(C)C)ccc5c4cc2N3c2c(-c3ccccc3)cc(C(C)(C)C)cc2-c2ccccc2)cc1. The minimum Gasteiger partial charge on any atom is -0.335 e. The summed E-state index contributed by atoms with van der Waals surface area (Å²) in [6.45, 7) is 40.6. The second-order valence-electron chi connectivity index (χ2n) is 31.8. The molecular formula is C82H88BN3S. The second-order valence-corrected chi connectivity index (χ2v) is 32.9. The quantitative estimate of drug-likeness (QED) is 0.154. The zero-order valence-electron chi connectivity index (χ0n) is 54.9. The van der Waals surface area contributed by atoms with Crippen molar-refractivity contribution in [2.24, 2.45) is 0 Å². The third kappa shape index (κ3) is 9.08. The Labute approximate surface area is 524 Å². The van der Waals surface area contributed by atoms with Crippen LogP contribution in [0.2, 0.25) is 0 Å². The van der Waals surface area contributed by atoms with Crippen LogP contribution in [-0.2, 0) is 32.5 Å². The molecule has 1 aromatic heterocycles. The van der Waals surface area contributed by atoms with Crippen molar-refractivity contribution in [3.8, 4) is 22.3 Å². The van der Waals surface area contributed by atoms with E-state index >= 15 is 0 Å². The lowest BCUT2D eigenvalue weighted by Gasteiger charge is -2.53. The van der Waals surface area contributed by atoms with Crippen molar-refractivity contribution >= 4 is 100 Å². The molecule has 0 bridgehead atoms. The molecule has 9 aromatic carbocycles. The van der Waals surface area contributed by atoms with E-state index < -0.39 is 0 Å². The molecule has 87 heavy (non-hydrogen) atoms. The molecule has 0 radical (unpaired) electrons. The highest BCUT2D eigenvalue weighted by atomic mass is 32.1. The Morgan fingerprint density at radius 1 is 0.414 bits per heavy atom. The van der Waals surface area contributed by atoms with Crippen LogP contribution in [0.4, 0.5) is 45.5 Å². The molecule has 2 atom stereocenters. The zero-order valence-corrected chi connectivity index (χ0v) is 55.7. The summed E-state index contributed by atoms with van der Waals surface area (Å²) in [6, 6.07) is 69.9. The Morgan fingerprint density at radius 3 is 1.45 bits per heavy atom.